The first-order valence-electron chi connectivity index (χ1n) is 9.45. The third-order valence-electron chi connectivity index (χ3n) is 5.93. The molecular weight excluding hydrogens is 374 g/mol. The van der Waals surface area contributed by atoms with Gasteiger partial charge in [-0.15, -0.1) is 0 Å². The van der Waals surface area contributed by atoms with E-state index >= 15 is 0 Å². The maximum absolute atomic E-state index is 13.2. The van der Waals surface area contributed by atoms with Crippen molar-refractivity contribution in [2.24, 2.45) is 0 Å². The molecule has 0 unspecified atom stereocenters. The number of anilines is 1. The molecule has 1 spiro atoms. The highest BCUT2D eigenvalue weighted by Gasteiger charge is 2.50. The Morgan fingerprint density at radius 3 is 2.46 bits per heavy atom. The first-order valence-corrected chi connectivity index (χ1v) is 10.9. The molecule has 6 nitrogen and oxygen atoms in total. The smallest absolute Gasteiger partial charge is 0.243 e. The number of likely N-dealkylation sites (N-methyl/N-ethyl adjacent to an activating group) is 1. The van der Waals surface area contributed by atoms with E-state index < -0.39 is 10.0 Å². The van der Waals surface area contributed by atoms with E-state index in [0.29, 0.717) is 31.0 Å². The molecule has 1 atom stereocenters. The largest absolute Gasteiger partial charge is 0.309 e. The summed E-state index contributed by atoms with van der Waals surface area (Å²) < 4.78 is 27.9. The predicted molar refractivity (Wildman–Crippen MR) is 109 cm³/mol. The quantitative estimate of drug-likeness (QED) is 0.793. The van der Waals surface area contributed by atoms with E-state index in [1.165, 1.54) is 0 Å². The maximum atomic E-state index is 13.2. The van der Waals surface area contributed by atoms with Crippen molar-refractivity contribution in [2.75, 3.05) is 38.1 Å². The molecule has 0 N–H and O–H groups in total. The first-order chi connectivity index (χ1) is 13.3. The summed E-state index contributed by atoms with van der Waals surface area (Å²) in [6.07, 6.45) is 0.700. The van der Waals surface area contributed by atoms with E-state index in [1.54, 1.807) is 27.4 Å². The number of aryl methyl sites for hydroxylation is 1. The van der Waals surface area contributed by atoms with Crippen LogP contribution in [0.4, 0.5) is 5.69 Å². The number of sulfonamides is 1. The number of piperazine rings is 1. The van der Waals surface area contributed by atoms with Gasteiger partial charge in [-0.05, 0) is 50.2 Å². The summed E-state index contributed by atoms with van der Waals surface area (Å²) in [4.78, 5) is 16.8. The van der Waals surface area contributed by atoms with Gasteiger partial charge in [-0.2, -0.15) is 4.31 Å². The molecule has 28 heavy (non-hydrogen) atoms. The average molecular weight is 400 g/mol. The van der Waals surface area contributed by atoms with Crippen molar-refractivity contribution < 1.29 is 13.2 Å². The molecule has 1 amide bonds. The Morgan fingerprint density at radius 1 is 1.00 bits per heavy atom. The SMILES string of the molecule is Cc1cccc(S(=O)(=O)N2CC[C@@]3(CN(c4ccccc4)C(=O)CN3C)C2)c1. The summed E-state index contributed by atoms with van der Waals surface area (Å²) in [5, 5.41) is 0. The van der Waals surface area contributed by atoms with Crippen LogP contribution in [0.15, 0.2) is 59.5 Å². The van der Waals surface area contributed by atoms with E-state index in [0.717, 1.165) is 11.3 Å². The standard InChI is InChI=1S/C21H25N3O3S/c1-17-7-6-10-19(13-17)28(26,27)23-12-11-21(15-23)16-24(20(25)14-22(21)2)18-8-4-3-5-9-18/h3-10,13H,11-12,14-16H2,1-2H3/t21-/m0/s1. The molecule has 2 aliphatic rings. The van der Waals surface area contributed by atoms with Crippen molar-refractivity contribution in [1.82, 2.24) is 9.21 Å². The van der Waals surface area contributed by atoms with Crippen LogP contribution in [0, 0.1) is 6.92 Å². The molecule has 7 heteroatoms. The lowest BCUT2D eigenvalue weighted by molar-refractivity contribution is -0.123. The number of rotatable bonds is 3. The number of carbonyl (C=O) groups is 1. The van der Waals surface area contributed by atoms with Crippen LogP contribution in [0.3, 0.4) is 0 Å². The molecule has 2 aromatic carbocycles. The summed E-state index contributed by atoms with van der Waals surface area (Å²) in [6, 6.07) is 16.6. The van der Waals surface area contributed by atoms with Gasteiger partial charge < -0.3 is 4.90 Å². The van der Waals surface area contributed by atoms with Crippen LogP contribution < -0.4 is 4.90 Å². The maximum Gasteiger partial charge on any atom is 0.243 e. The normalized spacial score (nSPS) is 24.2. The summed E-state index contributed by atoms with van der Waals surface area (Å²) >= 11 is 0. The van der Waals surface area contributed by atoms with Crippen molar-refractivity contribution in [3.8, 4) is 0 Å². The van der Waals surface area contributed by atoms with Gasteiger partial charge in [-0.1, -0.05) is 30.3 Å². The molecule has 0 aliphatic carbocycles. The zero-order chi connectivity index (χ0) is 19.9. The van der Waals surface area contributed by atoms with Crippen molar-refractivity contribution in [3.05, 3.63) is 60.2 Å². The van der Waals surface area contributed by atoms with E-state index in [2.05, 4.69) is 0 Å². The Hall–Kier alpha value is -2.22. The van der Waals surface area contributed by atoms with Gasteiger partial charge in [0, 0.05) is 25.3 Å². The van der Waals surface area contributed by atoms with Crippen molar-refractivity contribution >= 4 is 21.6 Å². The second-order valence-corrected chi connectivity index (χ2v) is 9.74. The van der Waals surface area contributed by atoms with E-state index in [9.17, 15) is 13.2 Å². The Balaban J connectivity index is 1.61. The highest BCUT2D eigenvalue weighted by atomic mass is 32.2. The van der Waals surface area contributed by atoms with Crippen LogP contribution in [0.1, 0.15) is 12.0 Å². The van der Waals surface area contributed by atoms with Crippen LogP contribution in [0.25, 0.3) is 0 Å². The fourth-order valence-electron chi connectivity index (χ4n) is 4.19. The van der Waals surface area contributed by atoms with Gasteiger partial charge >= 0.3 is 0 Å². The number of para-hydroxylation sites is 1. The minimum absolute atomic E-state index is 0.0410. The minimum Gasteiger partial charge on any atom is -0.309 e. The van der Waals surface area contributed by atoms with Crippen LogP contribution in [0.5, 0.6) is 0 Å². The van der Waals surface area contributed by atoms with Gasteiger partial charge in [0.05, 0.1) is 17.0 Å². The lowest BCUT2D eigenvalue weighted by Crippen LogP contribution is -2.64. The number of carbonyl (C=O) groups excluding carboxylic acids is 1. The summed E-state index contributed by atoms with van der Waals surface area (Å²) in [7, 11) is -1.63. The van der Waals surface area contributed by atoms with E-state index in [4.69, 9.17) is 0 Å². The van der Waals surface area contributed by atoms with Gasteiger partial charge in [-0.3, -0.25) is 9.69 Å². The van der Waals surface area contributed by atoms with Crippen LogP contribution >= 0.6 is 0 Å². The Morgan fingerprint density at radius 2 is 1.75 bits per heavy atom. The predicted octanol–water partition coefficient (Wildman–Crippen LogP) is 2.11. The zero-order valence-corrected chi connectivity index (χ0v) is 17.0. The molecule has 0 radical (unpaired) electrons. The van der Waals surface area contributed by atoms with Crippen molar-refractivity contribution in [1.29, 1.82) is 0 Å². The lowest BCUT2D eigenvalue weighted by Gasteiger charge is -2.46. The molecule has 0 saturated carbocycles. The summed E-state index contributed by atoms with van der Waals surface area (Å²) in [6.45, 7) is 3.51. The molecule has 0 aromatic heterocycles. The minimum atomic E-state index is -3.55. The van der Waals surface area contributed by atoms with Crippen LogP contribution in [0.2, 0.25) is 0 Å². The third kappa shape index (κ3) is 3.23. The lowest BCUT2D eigenvalue weighted by atomic mass is 9.92. The monoisotopic (exact) mass is 399 g/mol. The Kier molecular flexibility index (Phi) is 4.77. The van der Waals surface area contributed by atoms with Crippen molar-refractivity contribution in [3.63, 3.8) is 0 Å². The van der Waals surface area contributed by atoms with Gasteiger partial charge in [0.2, 0.25) is 15.9 Å². The average Bonchev–Trinajstić information content (AvgIpc) is 3.12. The molecule has 2 heterocycles. The molecule has 2 aliphatic heterocycles. The van der Waals surface area contributed by atoms with Gasteiger partial charge in [0.1, 0.15) is 0 Å². The molecule has 2 saturated heterocycles. The number of hydrogen-bond donors (Lipinski definition) is 0. The van der Waals surface area contributed by atoms with Gasteiger partial charge in [0.25, 0.3) is 0 Å². The molecule has 4 rings (SSSR count). The molecule has 2 aromatic rings. The number of hydrogen-bond acceptors (Lipinski definition) is 4. The highest BCUT2D eigenvalue weighted by molar-refractivity contribution is 7.89. The van der Waals surface area contributed by atoms with Crippen molar-refractivity contribution in [2.45, 2.75) is 23.8 Å². The molecular formula is C21H25N3O3S. The van der Waals surface area contributed by atoms with Gasteiger partial charge in [-0.25, -0.2) is 8.42 Å². The second kappa shape index (κ2) is 6.99. The fraction of sp³-hybridized carbons (Fsp3) is 0.381. The molecule has 0 bridgehead atoms. The number of amides is 1. The van der Waals surface area contributed by atoms with E-state index in [1.807, 2.05) is 55.3 Å². The first kappa shape index (κ1) is 19.1. The third-order valence-corrected chi connectivity index (χ3v) is 7.77. The summed E-state index contributed by atoms with van der Waals surface area (Å²) in [5.41, 5.74) is 1.41. The topological polar surface area (TPSA) is 60.9 Å². The second-order valence-electron chi connectivity index (χ2n) is 7.80. The summed E-state index contributed by atoms with van der Waals surface area (Å²) in [5.74, 6) is 0.0410. The zero-order valence-electron chi connectivity index (χ0n) is 16.2. The van der Waals surface area contributed by atoms with Gasteiger partial charge in [0.15, 0.2) is 0 Å². The molecule has 148 valence electrons. The molecule has 2 fully saturated rings. The number of benzene rings is 2. The van der Waals surface area contributed by atoms with Crippen LogP contribution in [-0.4, -0.2) is 62.3 Å². The van der Waals surface area contributed by atoms with E-state index in [-0.39, 0.29) is 18.0 Å². The Bertz CT molecular complexity index is 993. The Labute approximate surface area is 166 Å². The fourth-order valence-corrected chi connectivity index (χ4v) is 5.82. The number of nitrogens with zero attached hydrogens (tertiary/aromatic N) is 3. The highest BCUT2D eigenvalue weighted by Crippen LogP contribution is 2.35. The van der Waals surface area contributed by atoms with Crippen LogP contribution in [-0.2, 0) is 14.8 Å².